The minimum atomic E-state index is -0.448. The van der Waals surface area contributed by atoms with Crippen LogP contribution in [-0.4, -0.2) is 23.8 Å². The summed E-state index contributed by atoms with van der Waals surface area (Å²) in [5, 5.41) is 13.1. The second kappa shape index (κ2) is 8.81. The topological polar surface area (TPSA) is 96.0 Å². The summed E-state index contributed by atoms with van der Waals surface area (Å²) in [6.07, 6.45) is 5.47. The predicted octanol–water partition coefficient (Wildman–Crippen LogP) is 3.62. The number of hydrogen-bond acceptors (Lipinski definition) is 4. The van der Waals surface area contributed by atoms with Gasteiger partial charge in [-0.25, -0.2) is 0 Å². The van der Waals surface area contributed by atoms with Crippen LogP contribution in [0.15, 0.2) is 48.5 Å². The molecule has 1 amide bonds. The molecule has 0 radical (unpaired) electrons. The largest absolute Gasteiger partial charge is 0.366 e. The van der Waals surface area contributed by atoms with Crippen molar-refractivity contribution in [3.05, 3.63) is 59.7 Å². The van der Waals surface area contributed by atoms with Crippen LogP contribution in [-0.2, 0) is 11.2 Å². The number of hydrogen-bond donors (Lipinski definition) is 2. The summed E-state index contributed by atoms with van der Waals surface area (Å²) in [7, 11) is 0. The fourth-order valence-electron chi connectivity index (χ4n) is 4.87. The Labute approximate surface area is 177 Å². The predicted molar refractivity (Wildman–Crippen MR) is 115 cm³/mol. The molecule has 1 aliphatic carbocycles. The van der Waals surface area contributed by atoms with Gasteiger partial charge in [-0.1, -0.05) is 36.4 Å². The van der Waals surface area contributed by atoms with Crippen LogP contribution in [0.1, 0.15) is 48.0 Å². The van der Waals surface area contributed by atoms with E-state index in [1.165, 1.54) is 12.8 Å². The standard InChI is InChI=1S/C25H27N3O2/c26-15-17(13-23(29)24-19-8-10-22(28-24)11-9-19)12-16-4-6-18(7-5-16)20-2-1-3-21(14-20)25(27)30/h1-7,14,17,19,22,24,28H,8-13H2,(H2,27,30)/t17-,19?,22?,24+/m1/s1. The second-order valence-corrected chi connectivity index (χ2v) is 8.60. The van der Waals surface area contributed by atoms with Crippen LogP contribution in [0.3, 0.4) is 0 Å². The zero-order valence-electron chi connectivity index (χ0n) is 17.0. The van der Waals surface area contributed by atoms with Gasteiger partial charge in [0.25, 0.3) is 0 Å². The molecule has 3 N–H and O–H groups in total. The van der Waals surface area contributed by atoms with E-state index in [4.69, 9.17) is 5.73 Å². The van der Waals surface area contributed by atoms with Gasteiger partial charge in [0, 0.05) is 18.0 Å². The van der Waals surface area contributed by atoms with Crippen molar-refractivity contribution in [1.82, 2.24) is 5.32 Å². The zero-order chi connectivity index (χ0) is 21.1. The van der Waals surface area contributed by atoms with Crippen molar-refractivity contribution in [1.29, 1.82) is 5.26 Å². The van der Waals surface area contributed by atoms with Crippen LogP contribution in [0.5, 0.6) is 0 Å². The minimum Gasteiger partial charge on any atom is -0.366 e. The summed E-state index contributed by atoms with van der Waals surface area (Å²) < 4.78 is 0. The quantitative estimate of drug-likeness (QED) is 0.740. The lowest BCUT2D eigenvalue weighted by Crippen LogP contribution is -2.56. The molecule has 3 fully saturated rings. The first-order valence-corrected chi connectivity index (χ1v) is 10.7. The number of primary amides is 1. The molecule has 0 spiro atoms. The highest BCUT2D eigenvalue weighted by Gasteiger charge is 2.39. The number of fused-ring (bicyclic) bond motifs is 3. The Kier molecular flexibility index (Phi) is 5.96. The van der Waals surface area contributed by atoms with E-state index >= 15 is 0 Å². The average Bonchev–Trinajstić information content (AvgIpc) is 2.79. The first kappa shape index (κ1) is 20.3. The summed E-state index contributed by atoms with van der Waals surface area (Å²) in [6, 6.07) is 17.9. The second-order valence-electron chi connectivity index (χ2n) is 8.60. The third kappa shape index (κ3) is 4.44. The van der Waals surface area contributed by atoms with Crippen molar-refractivity contribution in [3.63, 3.8) is 0 Å². The summed E-state index contributed by atoms with van der Waals surface area (Å²) in [5.74, 6) is -0.132. The van der Waals surface area contributed by atoms with E-state index in [-0.39, 0.29) is 17.7 Å². The summed E-state index contributed by atoms with van der Waals surface area (Å²) in [5.41, 5.74) is 8.77. The molecule has 5 nitrogen and oxygen atoms in total. The number of benzene rings is 2. The van der Waals surface area contributed by atoms with E-state index in [2.05, 4.69) is 11.4 Å². The van der Waals surface area contributed by atoms with Crippen LogP contribution in [0.25, 0.3) is 11.1 Å². The van der Waals surface area contributed by atoms with Crippen LogP contribution in [0.4, 0.5) is 0 Å². The zero-order valence-corrected chi connectivity index (χ0v) is 17.0. The van der Waals surface area contributed by atoms with E-state index in [1.54, 1.807) is 12.1 Å². The van der Waals surface area contributed by atoms with Crippen LogP contribution < -0.4 is 11.1 Å². The molecule has 2 aliphatic heterocycles. The Morgan fingerprint density at radius 2 is 1.80 bits per heavy atom. The number of nitrogens with one attached hydrogen (secondary N) is 1. The molecule has 0 unspecified atom stereocenters. The number of amides is 1. The van der Waals surface area contributed by atoms with E-state index in [0.717, 1.165) is 29.5 Å². The van der Waals surface area contributed by atoms with Crippen molar-refractivity contribution >= 4 is 11.7 Å². The van der Waals surface area contributed by atoms with Crippen LogP contribution >= 0.6 is 0 Å². The van der Waals surface area contributed by atoms with E-state index in [9.17, 15) is 14.9 Å². The number of Topliss-reactive ketones (excluding diaryl/α,β-unsaturated/α-hetero) is 1. The van der Waals surface area contributed by atoms with Gasteiger partial charge in [-0.2, -0.15) is 5.26 Å². The van der Waals surface area contributed by atoms with E-state index in [1.807, 2.05) is 36.4 Å². The number of rotatable bonds is 7. The van der Waals surface area contributed by atoms with Crippen molar-refractivity contribution < 1.29 is 9.59 Å². The maximum atomic E-state index is 12.8. The molecule has 154 valence electrons. The molecule has 2 aromatic carbocycles. The Morgan fingerprint density at radius 3 is 2.40 bits per heavy atom. The molecule has 2 atom stereocenters. The Hall–Kier alpha value is -2.97. The maximum absolute atomic E-state index is 12.8. The molecule has 2 saturated heterocycles. The Morgan fingerprint density at radius 1 is 1.07 bits per heavy atom. The van der Waals surface area contributed by atoms with Gasteiger partial charge in [0.2, 0.25) is 5.91 Å². The molecule has 2 bridgehead atoms. The molecule has 5 rings (SSSR count). The molecule has 2 heterocycles. The lowest BCUT2D eigenvalue weighted by molar-refractivity contribution is -0.125. The average molecular weight is 402 g/mol. The number of ketones is 1. The molecule has 3 aliphatic rings. The van der Waals surface area contributed by atoms with Crippen molar-refractivity contribution in [2.24, 2.45) is 17.6 Å². The van der Waals surface area contributed by atoms with Crippen molar-refractivity contribution in [3.8, 4) is 17.2 Å². The molecule has 1 saturated carbocycles. The molecule has 5 heteroatoms. The van der Waals surface area contributed by atoms with Gasteiger partial charge >= 0.3 is 0 Å². The number of nitrogens with two attached hydrogens (primary N) is 1. The minimum absolute atomic E-state index is 0.0618. The van der Waals surface area contributed by atoms with Crippen LogP contribution in [0, 0.1) is 23.2 Å². The van der Waals surface area contributed by atoms with Crippen LogP contribution in [0.2, 0.25) is 0 Å². The number of nitriles is 1. The summed E-state index contributed by atoms with van der Waals surface area (Å²) in [4.78, 5) is 24.2. The van der Waals surface area contributed by atoms with Gasteiger partial charge in [-0.05, 0) is 66.8 Å². The third-order valence-corrected chi connectivity index (χ3v) is 6.55. The molecule has 2 aromatic rings. The highest BCUT2D eigenvalue weighted by Crippen LogP contribution is 2.34. The van der Waals surface area contributed by atoms with Gasteiger partial charge in [0.1, 0.15) is 0 Å². The maximum Gasteiger partial charge on any atom is 0.248 e. The fourth-order valence-corrected chi connectivity index (χ4v) is 4.87. The summed E-state index contributed by atoms with van der Waals surface area (Å²) in [6.45, 7) is 0. The molecule has 0 aromatic heterocycles. The number of piperidine rings is 2. The van der Waals surface area contributed by atoms with Gasteiger partial charge in [0.15, 0.2) is 5.78 Å². The van der Waals surface area contributed by atoms with E-state index < -0.39 is 5.91 Å². The normalized spacial score (nSPS) is 23.5. The summed E-state index contributed by atoms with van der Waals surface area (Å²) >= 11 is 0. The van der Waals surface area contributed by atoms with Crippen molar-refractivity contribution in [2.75, 3.05) is 0 Å². The fraction of sp³-hybridized carbons (Fsp3) is 0.400. The monoisotopic (exact) mass is 401 g/mol. The van der Waals surface area contributed by atoms with Crippen molar-refractivity contribution in [2.45, 2.75) is 50.6 Å². The SMILES string of the molecule is N#C[C@@H](CC(=O)[C@H]1NC2CCC1CC2)Cc1ccc(-c2cccc(C(N)=O)c2)cc1. The highest BCUT2D eigenvalue weighted by molar-refractivity contribution is 5.94. The highest BCUT2D eigenvalue weighted by atomic mass is 16.1. The third-order valence-electron chi connectivity index (χ3n) is 6.55. The van der Waals surface area contributed by atoms with Gasteiger partial charge in [-0.3, -0.25) is 9.59 Å². The first-order valence-electron chi connectivity index (χ1n) is 10.7. The first-order chi connectivity index (χ1) is 14.5. The number of carbonyl (C=O) groups excluding carboxylic acids is 2. The lowest BCUT2D eigenvalue weighted by atomic mass is 9.74. The molecular weight excluding hydrogens is 374 g/mol. The van der Waals surface area contributed by atoms with Gasteiger partial charge < -0.3 is 11.1 Å². The van der Waals surface area contributed by atoms with E-state index in [0.29, 0.717) is 30.4 Å². The number of carbonyl (C=O) groups is 2. The Balaban J connectivity index is 1.39. The van der Waals surface area contributed by atoms with Gasteiger partial charge in [0.05, 0.1) is 18.0 Å². The molecule has 30 heavy (non-hydrogen) atoms. The van der Waals surface area contributed by atoms with Gasteiger partial charge in [-0.15, -0.1) is 0 Å². The smallest absolute Gasteiger partial charge is 0.248 e. The Bertz CT molecular complexity index is 969. The number of nitrogens with zero attached hydrogens (tertiary/aromatic N) is 1. The molecular formula is C25H27N3O2. The lowest BCUT2D eigenvalue weighted by Gasteiger charge is -2.43.